The maximum Gasteiger partial charge on any atom is 0.435 e. The average molecular weight is 534 g/mol. The van der Waals surface area contributed by atoms with Gasteiger partial charge in [-0.2, -0.15) is 18.3 Å². The normalized spacial score (nSPS) is 15.4. The van der Waals surface area contributed by atoms with Crippen LogP contribution in [0.3, 0.4) is 0 Å². The molecule has 1 fully saturated rings. The van der Waals surface area contributed by atoms with Gasteiger partial charge in [-0.25, -0.2) is 4.98 Å². The molecule has 9 nitrogen and oxygen atoms in total. The van der Waals surface area contributed by atoms with E-state index in [0.29, 0.717) is 12.5 Å². The molecule has 0 spiro atoms. The summed E-state index contributed by atoms with van der Waals surface area (Å²) in [5.41, 5.74) is -0.822. The molecule has 1 atom stereocenters. The zero-order chi connectivity index (χ0) is 26.7. The van der Waals surface area contributed by atoms with Crippen LogP contribution in [0.5, 0.6) is 0 Å². The number of carbonyl (C=O) groups is 2. The van der Waals surface area contributed by atoms with Crippen molar-refractivity contribution in [2.75, 3.05) is 25.0 Å². The van der Waals surface area contributed by atoms with Gasteiger partial charge in [0.05, 0.1) is 28.0 Å². The Balaban J connectivity index is 1.49. The maximum absolute atomic E-state index is 13.5. The van der Waals surface area contributed by atoms with Gasteiger partial charge in [-0.1, -0.05) is 17.5 Å². The first kappa shape index (κ1) is 26.2. The number of benzene rings is 1. The number of halogens is 4. The molecular weight excluding hydrogens is 511 g/mol. The molecule has 0 bridgehead atoms. The van der Waals surface area contributed by atoms with Crippen LogP contribution in [0, 0.1) is 18.3 Å². The first-order valence-electron chi connectivity index (χ1n) is 11.3. The maximum atomic E-state index is 13.5. The lowest BCUT2D eigenvalue weighted by Crippen LogP contribution is -2.30. The van der Waals surface area contributed by atoms with E-state index in [-0.39, 0.29) is 45.8 Å². The van der Waals surface area contributed by atoms with Crippen LogP contribution in [0.25, 0.3) is 11.3 Å². The van der Waals surface area contributed by atoms with Crippen molar-refractivity contribution in [1.82, 2.24) is 30.0 Å². The number of carbonyl (C=O) groups excluding carboxylic acids is 2. The number of nitrogens with one attached hydrogen (secondary N) is 3. The number of anilines is 1. The highest BCUT2D eigenvalue weighted by Gasteiger charge is 2.38. The summed E-state index contributed by atoms with van der Waals surface area (Å²) in [7, 11) is 1.41. The van der Waals surface area contributed by atoms with Crippen molar-refractivity contribution in [2.45, 2.75) is 19.1 Å². The number of nitrogens with zero attached hydrogens (tertiary/aromatic N) is 4. The summed E-state index contributed by atoms with van der Waals surface area (Å²) < 4.78 is 42.9. The van der Waals surface area contributed by atoms with Crippen molar-refractivity contribution in [3.8, 4) is 23.6 Å². The number of imidazole rings is 1. The summed E-state index contributed by atoms with van der Waals surface area (Å²) in [5, 5.41) is 12.4. The third-order valence-corrected chi connectivity index (χ3v) is 6.25. The van der Waals surface area contributed by atoms with E-state index in [1.165, 1.54) is 29.8 Å². The van der Waals surface area contributed by atoms with Crippen LogP contribution in [0.4, 0.5) is 18.9 Å². The van der Waals surface area contributed by atoms with Gasteiger partial charge in [0.1, 0.15) is 6.54 Å². The van der Waals surface area contributed by atoms with E-state index in [0.717, 1.165) is 36.6 Å². The molecule has 0 aliphatic carbocycles. The zero-order valence-corrected chi connectivity index (χ0v) is 20.5. The Labute approximate surface area is 215 Å². The Hall–Kier alpha value is -3.82. The Morgan fingerprint density at radius 1 is 1.32 bits per heavy atom. The number of amides is 2. The summed E-state index contributed by atoms with van der Waals surface area (Å²) in [6.45, 7) is 2.14. The minimum atomic E-state index is -4.74. The molecule has 13 heteroatoms. The largest absolute Gasteiger partial charge is 0.435 e. The molecule has 3 aromatic rings. The fourth-order valence-corrected chi connectivity index (χ4v) is 4.31. The number of hydrogen-bond acceptors (Lipinski definition) is 5. The van der Waals surface area contributed by atoms with Crippen molar-refractivity contribution in [3.05, 3.63) is 52.7 Å². The van der Waals surface area contributed by atoms with Gasteiger partial charge >= 0.3 is 6.18 Å². The number of terminal acetylenes is 1. The zero-order valence-electron chi connectivity index (χ0n) is 19.7. The van der Waals surface area contributed by atoms with Crippen LogP contribution in [0.15, 0.2) is 30.6 Å². The third-order valence-electron chi connectivity index (χ3n) is 5.94. The van der Waals surface area contributed by atoms with Gasteiger partial charge in [0, 0.05) is 25.5 Å². The Kier molecular flexibility index (Phi) is 7.56. The monoisotopic (exact) mass is 533 g/mol. The van der Waals surface area contributed by atoms with Crippen molar-refractivity contribution in [3.63, 3.8) is 0 Å². The molecule has 0 saturated carbocycles. The summed E-state index contributed by atoms with van der Waals surface area (Å²) in [6.07, 6.45) is 3.76. The van der Waals surface area contributed by atoms with E-state index in [9.17, 15) is 22.8 Å². The van der Waals surface area contributed by atoms with Crippen LogP contribution in [0.2, 0.25) is 5.02 Å². The predicted octanol–water partition coefficient (Wildman–Crippen LogP) is 3.18. The fourth-order valence-electron chi connectivity index (χ4n) is 4.05. The first-order valence-corrected chi connectivity index (χ1v) is 11.7. The Bertz CT molecular complexity index is 1370. The lowest BCUT2D eigenvalue weighted by molar-refractivity contribution is -0.141. The highest BCUT2D eigenvalue weighted by atomic mass is 35.5. The molecule has 1 unspecified atom stereocenters. The van der Waals surface area contributed by atoms with E-state index in [1.807, 2.05) is 0 Å². The molecular formula is C24H23ClF3N7O2. The Morgan fingerprint density at radius 3 is 2.76 bits per heavy atom. The van der Waals surface area contributed by atoms with Gasteiger partial charge in [0.25, 0.3) is 11.8 Å². The number of rotatable bonds is 7. The molecule has 37 heavy (non-hydrogen) atoms. The Morgan fingerprint density at radius 2 is 2.11 bits per heavy atom. The second-order valence-electron chi connectivity index (χ2n) is 8.53. The molecule has 1 aliphatic rings. The molecule has 4 rings (SSSR count). The molecule has 1 saturated heterocycles. The van der Waals surface area contributed by atoms with Crippen molar-refractivity contribution in [1.29, 1.82) is 0 Å². The molecule has 194 valence electrons. The lowest BCUT2D eigenvalue weighted by atomic mass is 10.1. The molecule has 1 aromatic carbocycles. The van der Waals surface area contributed by atoms with Crippen LogP contribution in [-0.2, 0) is 19.8 Å². The topological polar surface area (TPSA) is 106 Å². The van der Waals surface area contributed by atoms with Gasteiger partial charge in [-0.3, -0.25) is 14.3 Å². The quantitative estimate of drug-likeness (QED) is 0.405. The third kappa shape index (κ3) is 5.79. The van der Waals surface area contributed by atoms with E-state index in [2.05, 4.69) is 32.0 Å². The van der Waals surface area contributed by atoms with Gasteiger partial charge in [0.15, 0.2) is 11.5 Å². The summed E-state index contributed by atoms with van der Waals surface area (Å²) >= 11 is 6.28. The second-order valence-corrected chi connectivity index (χ2v) is 8.94. The van der Waals surface area contributed by atoms with E-state index < -0.39 is 17.8 Å². The number of aromatic nitrogens is 4. The highest BCUT2D eigenvalue weighted by Crippen LogP contribution is 2.36. The molecule has 3 heterocycles. The molecule has 2 amide bonds. The minimum Gasteiger partial charge on any atom is -0.352 e. The van der Waals surface area contributed by atoms with E-state index in [4.69, 9.17) is 18.0 Å². The van der Waals surface area contributed by atoms with E-state index >= 15 is 0 Å². The van der Waals surface area contributed by atoms with Crippen molar-refractivity contribution < 1.29 is 22.8 Å². The number of hydrogen-bond donors (Lipinski definition) is 3. The minimum absolute atomic E-state index is 0.0308. The molecule has 0 radical (unpaired) electrons. The molecule has 1 aliphatic heterocycles. The van der Waals surface area contributed by atoms with Gasteiger partial charge in [-0.05, 0) is 43.6 Å². The van der Waals surface area contributed by atoms with Crippen molar-refractivity contribution in [2.24, 2.45) is 13.0 Å². The fraction of sp³-hybridized carbons (Fsp3) is 0.333. The van der Waals surface area contributed by atoms with Crippen molar-refractivity contribution >= 4 is 29.1 Å². The smallest absolute Gasteiger partial charge is 0.352 e. The van der Waals surface area contributed by atoms with Crippen LogP contribution >= 0.6 is 11.6 Å². The standard InChI is InChI=1S/C24H23ClF3N7O2/c1-3-8-35-13-17(20(33-35)24(26,27)28)19-12-30-21(34(19)2)23(37)32-15-4-5-16(18(25)9-15)22(36)31-11-14-6-7-29-10-14/h1,4-5,9,12-14,29H,6-8,10-11H2,2H3,(H,31,36)(H,32,37). The van der Waals surface area contributed by atoms with E-state index in [1.54, 1.807) is 0 Å². The van der Waals surface area contributed by atoms with Gasteiger partial charge in [-0.15, -0.1) is 6.42 Å². The van der Waals surface area contributed by atoms with Crippen LogP contribution in [0.1, 0.15) is 33.1 Å². The average Bonchev–Trinajstić information content (AvgIpc) is 3.57. The highest BCUT2D eigenvalue weighted by molar-refractivity contribution is 6.34. The summed E-state index contributed by atoms with van der Waals surface area (Å²) in [5.74, 6) is 1.45. The van der Waals surface area contributed by atoms with Crippen LogP contribution in [-0.4, -0.2) is 50.8 Å². The van der Waals surface area contributed by atoms with Crippen LogP contribution < -0.4 is 16.0 Å². The number of alkyl halides is 3. The van der Waals surface area contributed by atoms with Gasteiger partial charge in [0.2, 0.25) is 0 Å². The SMILES string of the molecule is C#CCn1cc(-c2cnc(C(=O)Nc3ccc(C(=O)NCC4CCNC4)c(Cl)c3)n2C)c(C(F)(F)F)n1. The molecule has 3 N–H and O–H groups in total. The lowest BCUT2D eigenvalue weighted by Gasteiger charge is -2.12. The molecule has 2 aromatic heterocycles. The first-order chi connectivity index (χ1) is 17.6. The predicted molar refractivity (Wildman–Crippen MR) is 131 cm³/mol. The van der Waals surface area contributed by atoms with Gasteiger partial charge < -0.3 is 20.5 Å². The summed E-state index contributed by atoms with van der Waals surface area (Å²) in [6, 6.07) is 4.41. The second kappa shape index (κ2) is 10.7. The summed E-state index contributed by atoms with van der Waals surface area (Å²) in [4.78, 5) is 29.3.